The number of aliphatic hydroxyl groups excluding tert-OH is 2. The van der Waals surface area contributed by atoms with Crippen LogP contribution in [0.15, 0.2) is 60.7 Å². The van der Waals surface area contributed by atoms with Gasteiger partial charge in [-0.1, -0.05) is 60.7 Å². The molecule has 2 nitrogen and oxygen atoms in total. The van der Waals surface area contributed by atoms with Gasteiger partial charge < -0.3 is 10.2 Å². The monoisotopic (exact) mass is 314 g/mol. The smallest absolute Gasteiger partial charge is 0.0684 e. The fourth-order valence-corrected chi connectivity index (χ4v) is 4.74. The Morgan fingerprint density at radius 1 is 0.542 bits per heavy atom. The lowest BCUT2D eigenvalue weighted by atomic mass is 9.59. The summed E-state index contributed by atoms with van der Waals surface area (Å²) in [5.74, 6) is 0.289. The highest BCUT2D eigenvalue weighted by Gasteiger charge is 2.42. The summed E-state index contributed by atoms with van der Waals surface area (Å²) in [6.45, 7) is 0.118. The average Bonchev–Trinajstić information content (AvgIpc) is 2.66. The molecule has 2 atom stereocenters. The second-order valence-corrected chi connectivity index (χ2v) is 6.65. The van der Waals surface area contributed by atoms with E-state index in [-0.39, 0.29) is 25.0 Å². The van der Waals surface area contributed by atoms with Gasteiger partial charge in [0.1, 0.15) is 0 Å². The molecule has 0 unspecified atom stereocenters. The Morgan fingerprint density at radius 3 is 1.38 bits per heavy atom. The van der Waals surface area contributed by atoms with E-state index in [0.29, 0.717) is 0 Å². The first-order valence-electron chi connectivity index (χ1n) is 8.39. The second kappa shape index (κ2) is 5.04. The lowest BCUT2D eigenvalue weighted by molar-refractivity contribution is 0.278. The molecule has 3 aromatic rings. The van der Waals surface area contributed by atoms with Crippen LogP contribution in [0.3, 0.4) is 0 Å². The van der Waals surface area contributed by atoms with E-state index < -0.39 is 0 Å². The summed E-state index contributed by atoms with van der Waals surface area (Å²) in [5.41, 5.74) is 9.75. The molecular weight excluding hydrogens is 296 g/mol. The normalized spacial score (nSPS) is 19.6. The van der Waals surface area contributed by atoms with Crippen LogP contribution in [0.5, 0.6) is 0 Å². The van der Waals surface area contributed by atoms with Gasteiger partial charge in [0.15, 0.2) is 0 Å². The van der Waals surface area contributed by atoms with Crippen LogP contribution < -0.4 is 0 Å². The quantitative estimate of drug-likeness (QED) is 0.522. The van der Waals surface area contributed by atoms with Crippen molar-refractivity contribution in [2.75, 3.05) is 0 Å². The van der Waals surface area contributed by atoms with E-state index in [4.69, 9.17) is 0 Å². The van der Waals surface area contributed by atoms with Gasteiger partial charge in [-0.05, 0) is 44.5 Å². The predicted molar refractivity (Wildman–Crippen MR) is 93.1 cm³/mol. The third kappa shape index (κ3) is 1.62. The molecule has 0 radical (unpaired) electrons. The number of hydrogen-bond acceptors (Lipinski definition) is 2. The molecule has 6 rings (SSSR count). The van der Waals surface area contributed by atoms with E-state index in [9.17, 15) is 10.2 Å². The largest absolute Gasteiger partial charge is 0.392 e. The molecule has 2 heteroatoms. The summed E-state index contributed by atoms with van der Waals surface area (Å²) in [4.78, 5) is 0. The molecular formula is C22H18O2. The molecule has 0 spiro atoms. The van der Waals surface area contributed by atoms with Crippen LogP contribution in [-0.4, -0.2) is 10.2 Å². The van der Waals surface area contributed by atoms with Gasteiger partial charge in [-0.3, -0.25) is 0 Å². The standard InChI is InChI=1S/C22H18O2/c23-11-13-5-4-10-18-19(13)21-15-7-1-2-8-16(15)22(18)20-14(12-24)6-3-9-17(20)21/h1-10,21-24H,11-12H2/t21-,22-/m0/s1. The molecule has 2 bridgehead atoms. The van der Waals surface area contributed by atoms with Crippen molar-refractivity contribution < 1.29 is 10.2 Å². The Hall–Kier alpha value is -2.42. The average molecular weight is 314 g/mol. The zero-order chi connectivity index (χ0) is 16.3. The van der Waals surface area contributed by atoms with E-state index in [1.165, 1.54) is 33.4 Å². The van der Waals surface area contributed by atoms with Gasteiger partial charge in [-0.2, -0.15) is 0 Å². The summed E-state index contributed by atoms with van der Waals surface area (Å²) in [6.07, 6.45) is 0. The third-order valence-corrected chi connectivity index (χ3v) is 5.62. The van der Waals surface area contributed by atoms with Crippen LogP contribution in [0, 0.1) is 0 Å². The Balaban J connectivity index is 1.91. The second-order valence-electron chi connectivity index (χ2n) is 6.65. The zero-order valence-electron chi connectivity index (χ0n) is 13.2. The van der Waals surface area contributed by atoms with Gasteiger partial charge in [0.05, 0.1) is 13.2 Å². The fraction of sp³-hybridized carbons (Fsp3) is 0.182. The SMILES string of the molecule is OCc1cccc2c1[C@H]1c3ccccc3[C@@H]2c2c(CO)cccc21. The molecule has 3 aliphatic carbocycles. The zero-order valence-corrected chi connectivity index (χ0v) is 13.2. The molecule has 24 heavy (non-hydrogen) atoms. The van der Waals surface area contributed by atoms with Gasteiger partial charge in [0, 0.05) is 11.8 Å². The van der Waals surface area contributed by atoms with Crippen LogP contribution in [0.2, 0.25) is 0 Å². The first-order valence-corrected chi connectivity index (χ1v) is 8.39. The van der Waals surface area contributed by atoms with Crippen molar-refractivity contribution in [2.45, 2.75) is 25.0 Å². The topological polar surface area (TPSA) is 40.5 Å². The number of hydrogen-bond donors (Lipinski definition) is 2. The number of benzene rings is 3. The van der Waals surface area contributed by atoms with Gasteiger partial charge in [0.2, 0.25) is 0 Å². The van der Waals surface area contributed by atoms with Crippen molar-refractivity contribution >= 4 is 0 Å². The van der Waals surface area contributed by atoms with Crippen molar-refractivity contribution in [3.05, 3.63) is 105 Å². The molecule has 3 aromatic carbocycles. The Labute approximate surface area is 141 Å². The fourth-order valence-electron chi connectivity index (χ4n) is 4.74. The molecule has 3 aliphatic rings. The molecule has 0 saturated heterocycles. The van der Waals surface area contributed by atoms with Gasteiger partial charge in [-0.25, -0.2) is 0 Å². The van der Waals surface area contributed by atoms with E-state index in [1.807, 2.05) is 24.3 Å². The maximum Gasteiger partial charge on any atom is 0.0684 e. The maximum absolute atomic E-state index is 9.88. The minimum Gasteiger partial charge on any atom is -0.392 e. The minimum atomic E-state index is 0.0591. The highest BCUT2D eigenvalue weighted by atomic mass is 16.3. The maximum atomic E-state index is 9.88. The van der Waals surface area contributed by atoms with Crippen LogP contribution in [0.1, 0.15) is 56.3 Å². The molecule has 0 heterocycles. The lowest BCUT2D eigenvalue weighted by Gasteiger charge is -2.44. The predicted octanol–water partition coefficient (Wildman–Crippen LogP) is 3.66. The Bertz CT molecular complexity index is 879. The van der Waals surface area contributed by atoms with Gasteiger partial charge in [0.25, 0.3) is 0 Å². The summed E-state index contributed by atoms with van der Waals surface area (Å²) >= 11 is 0. The van der Waals surface area contributed by atoms with Gasteiger partial charge >= 0.3 is 0 Å². The highest BCUT2D eigenvalue weighted by molar-refractivity contribution is 5.70. The van der Waals surface area contributed by atoms with Crippen molar-refractivity contribution in [3.63, 3.8) is 0 Å². The molecule has 0 aliphatic heterocycles. The molecule has 0 fully saturated rings. The van der Waals surface area contributed by atoms with E-state index in [1.54, 1.807) is 0 Å². The van der Waals surface area contributed by atoms with Gasteiger partial charge in [-0.15, -0.1) is 0 Å². The number of aliphatic hydroxyl groups is 2. The Morgan fingerprint density at radius 2 is 0.958 bits per heavy atom. The van der Waals surface area contributed by atoms with Crippen LogP contribution in [0.25, 0.3) is 0 Å². The minimum absolute atomic E-state index is 0.0591. The first kappa shape index (κ1) is 14.0. The van der Waals surface area contributed by atoms with E-state index in [2.05, 4.69) is 36.4 Å². The summed E-state index contributed by atoms with van der Waals surface area (Å²) in [6, 6.07) is 21.1. The van der Waals surface area contributed by atoms with E-state index >= 15 is 0 Å². The summed E-state index contributed by atoms with van der Waals surface area (Å²) in [7, 11) is 0. The molecule has 0 amide bonds. The van der Waals surface area contributed by atoms with Crippen molar-refractivity contribution in [3.8, 4) is 0 Å². The lowest BCUT2D eigenvalue weighted by Crippen LogP contribution is -2.29. The molecule has 2 N–H and O–H groups in total. The van der Waals surface area contributed by atoms with Crippen LogP contribution in [-0.2, 0) is 13.2 Å². The molecule has 0 saturated carbocycles. The first-order chi connectivity index (χ1) is 11.8. The summed E-state index contributed by atoms with van der Waals surface area (Å²) in [5, 5.41) is 19.8. The van der Waals surface area contributed by atoms with Crippen molar-refractivity contribution in [1.82, 2.24) is 0 Å². The van der Waals surface area contributed by atoms with Crippen LogP contribution in [0.4, 0.5) is 0 Å². The molecule has 118 valence electrons. The highest BCUT2D eigenvalue weighted by Crippen LogP contribution is 2.57. The summed E-state index contributed by atoms with van der Waals surface area (Å²) < 4.78 is 0. The number of rotatable bonds is 2. The van der Waals surface area contributed by atoms with Crippen molar-refractivity contribution in [1.29, 1.82) is 0 Å². The van der Waals surface area contributed by atoms with Crippen molar-refractivity contribution in [2.24, 2.45) is 0 Å². The third-order valence-electron chi connectivity index (χ3n) is 5.62. The van der Waals surface area contributed by atoms with E-state index in [0.717, 1.165) is 11.1 Å². The van der Waals surface area contributed by atoms with Crippen LogP contribution >= 0.6 is 0 Å². The molecule has 0 aromatic heterocycles. The Kier molecular flexibility index (Phi) is 2.93.